The van der Waals surface area contributed by atoms with Crippen LogP contribution in [0.2, 0.25) is 0 Å². The molecule has 1 aromatic rings. The molecule has 0 saturated heterocycles. The number of rotatable bonds is 0. The molecule has 12 heavy (non-hydrogen) atoms. The van der Waals surface area contributed by atoms with E-state index in [-0.39, 0.29) is 0 Å². The molecule has 0 fully saturated rings. The van der Waals surface area contributed by atoms with E-state index in [9.17, 15) is 0 Å². The molecule has 1 N–H and O–H groups in total. The van der Waals surface area contributed by atoms with Crippen molar-refractivity contribution < 1.29 is 0 Å². The number of thioether (sulfide) groups is 2. The third kappa shape index (κ3) is 1.67. The molecular weight excluding hydrogens is 186 g/mol. The van der Waals surface area contributed by atoms with Crippen LogP contribution in [-0.2, 0) is 5.75 Å². The standard InChI is InChI=1S/C9H13NS2/c1-7-5-10-9-8(7)6-11-3-2-4-12-9/h5,10H,2-4,6H2,1H3. The molecule has 0 atom stereocenters. The Hall–Kier alpha value is -0.0200. The second-order valence-electron chi connectivity index (χ2n) is 3.03. The summed E-state index contributed by atoms with van der Waals surface area (Å²) in [6, 6.07) is 0. The topological polar surface area (TPSA) is 15.8 Å². The minimum atomic E-state index is 1.19. The van der Waals surface area contributed by atoms with Gasteiger partial charge in [0.15, 0.2) is 0 Å². The second kappa shape index (κ2) is 3.79. The molecule has 1 aliphatic heterocycles. The lowest BCUT2D eigenvalue weighted by molar-refractivity contribution is 1.07. The summed E-state index contributed by atoms with van der Waals surface area (Å²) < 4.78 is 0. The first-order valence-corrected chi connectivity index (χ1v) is 6.39. The maximum Gasteiger partial charge on any atom is 0.0765 e. The molecule has 2 rings (SSSR count). The van der Waals surface area contributed by atoms with Crippen molar-refractivity contribution >= 4 is 23.5 Å². The zero-order valence-corrected chi connectivity index (χ0v) is 8.86. The predicted octanol–water partition coefficient (Wildman–Crippen LogP) is 3.05. The van der Waals surface area contributed by atoms with Crippen LogP contribution in [0.25, 0.3) is 0 Å². The largest absolute Gasteiger partial charge is 0.356 e. The van der Waals surface area contributed by atoms with E-state index in [0.717, 1.165) is 0 Å². The average Bonchev–Trinajstić information content (AvgIpc) is 2.31. The van der Waals surface area contributed by atoms with Crippen molar-refractivity contribution in [3.8, 4) is 0 Å². The van der Waals surface area contributed by atoms with Crippen LogP contribution in [0.1, 0.15) is 17.5 Å². The molecule has 0 bridgehead atoms. The number of hydrogen-bond donors (Lipinski definition) is 1. The monoisotopic (exact) mass is 199 g/mol. The van der Waals surface area contributed by atoms with Crippen molar-refractivity contribution in [2.45, 2.75) is 24.1 Å². The van der Waals surface area contributed by atoms with Crippen molar-refractivity contribution in [2.75, 3.05) is 11.5 Å². The Bertz CT molecular complexity index is 267. The van der Waals surface area contributed by atoms with Crippen LogP contribution in [0.15, 0.2) is 11.2 Å². The fourth-order valence-electron chi connectivity index (χ4n) is 1.34. The highest BCUT2D eigenvalue weighted by molar-refractivity contribution is 8.00. The van der Waals surface area contributed by atoms with Gasteiger partial charge in [-0.05, 0) is 30.2 Å². The number of aromatic nitrogens is 1. The van der Waals surface area contributed by atoms with E-state index in [4.69, 9.17) is 0 Å². The lowest BCUT2D eigenvalue weighted by atomic mass is 10.2. The number of nitrogens with one attached hydrogen (secondary N) is 1. The SMILES string of the molecule is Cc1c[nH]c2c1CSCCCS2. The zero-order valence-electron chi connectivity index (χ0n) is 7.22. The lowest BCUT2D eigenvalue weighted by Gasteiger charge is -2.09. The van der Waals surface area contributed by atoms with Crippen LogP contribution in [-0.4, -0.2) is 16.5 Å². The highest BCUT2D eigenvalue weighted by Crippen LogP contribution is 2.31. The minimum Gasteiger partial charge on any atom is -0.356 e. The summed E-state index contributed by atoms with van der Waals surface area (Å²) in [6.07, 6.45) is 3.47. The molecule has 66 valence electrons. The van der Waals surface area contributed by atoms with Gasteiger partial charge < -0.3 is 4.98 Å². The van der Waals surface area contributed by atoms with Crippen LogP contribution < -0.4 is 0 Å². The van der Waals surface area contributed by atoms with Gasteiger partial charge in [0.25, 0.3) is 0 Å². The van der Waals surface area contributed by atoms with E-state index < -0.39 is 0 Å². The van der Waals surface area contributed by atoms with Gasteiger partial charge in [-0.15, -0.1) is 11.8 Å². The van der Waals surface area contributed by atoms with Crippen molar-refractivity contribution in [1.82, 2.24) is 4.98 Å². The summed E-state index contributed by atoms with van der Waals surface area (Å²) in [5.74, 6) is 3.77. The molecule has 0 spiro atoms. The Balaban J connectivity index is 2.26. The summed E-state index contributed by atoms with van der Waals surface area (Å²) in [7, 11) is 0. The lowest BCUT2D eigenvalue weighted by Crippen LogP contribution is -1.93. The molecule has 1 aliphatic rings. The molecule has 0 saturated carbocycles. The molecule has 0 aromatic carbocycles. The predicted molar refractivity (Wildman–Crippen MR) is 57.0 cm³/mol. The normalized spacial score (nSPS) is 18.1. The Morgan fingerprint density at radius 2 is 2.33 bits per heavy atom. The first-order valence-electron chi connectivity index (χ1n) is 4.25. The molecule has 2 heterocycles. The van der Waals surface area contributed by atoms with E-state index in [1.165, 1.54) is 39.8 Å². The van der Waals surface area contributed by atoms with Crippen molar-refractivity contribution in [2.24, 2.45) is 0 Å². The summed E-state index contributed by atoms with van der Waals surface area (Å²) >= 11 is 4.03. The minimum absolute atomic E-state index is 1.19. The van der Waals surface area contributed by atoms with E-state index in [1.807, 2.05) is 11.8 Å². The Labute approximate surface area is 81.7 Å². The van der Waals surface area contributed by atoms with Crippen molar-refractivity contribution in [3.05, 3.63) is 17.3 Å². The summed E-state index contributed by atoms with van der Waals surface area (Å²) in [5, 5.41) is 1.40. The number of H-pyrrole nitrogens is 1. The summed E-state index contributed by atoms with van der Waals surface area (Å²) in [6.45, 7) is 2.19. The molecule has 1 nitrogen and oxygen atoms in total. The molecule has 0 aliphatic carbocycles. The van der Waals surface area contributed by atoms with Gasteiger partial charge in [0.2, 0.25) is 0 Å². The number of aryl methyl sites for hydroxylation is 1. The van der Waals surface area contributed by atoms with Gasteiger partial charge in [-0.3, -0.25) is 0 Å². The second-order valence-corrected chi connectivity index (χ2v) is 5.24. The van der Waals surface area contributed by atoms with Gasteiger partial charge in [-0.25, -0.2) is 0 Å². The van der Waals surface area contributed by atoms with Gasteiger partial charge in [-0.2, -0.15) is 11.8 Å². The quantitative estimate of drug-likeness (QED) is 0.691. The van der Waals surface area contributed by atoms with Crippen molar-refractivity contribution in [3.63, 3.8) is 0 Å². The van der Waals surface area contributed by atoms with E-state index in [2.05, 4.69) is 29.9 Å². The van der Waals surface area contributed by atoms with Gasteiger partial charge in [0, 0.05) is 17.7 Å². The fraction of sp³-hybridized carbons (Fsp3) is 0.556. The molecule has 3 heteroatoms. The van der Waals surface area contributed by atoms with Crippen LogP contribution in [0.3, 0.4) is 0 Å². The highest BCUT2D eigenvalue weighted by Gasteiger charge is 2.10. The van der Waals surface area contributed by atoms with Crippen LogP contribution in [0.4, 0.5) is 0 Å². The number of hydrogen-bond acceptors (Lipinski definition) is 2. The molecular formula is C9H13NS2. The van der Waals surface area contributed by atoms with Gasteiger partial charge in [-0.1, -0.05) is 0 Å². The van der Waals surface area contributed by atoms with Crippen LogP contribution >= 0.6 is 23.5 Å². The van der Waals surface area contributed by atoms with Gasteiger partial charge in [0.1, 0.15) is 0 Å². The third-order valence-corrected chi connectivity index (χ3v) is 4.31. The maximum atomic E-state index is 3.34. The Kier molecular flexibility index (Phi) is 2.71. The first-order chi connectivity index (χ1) is 5.88. The summed E-state index contributed by atoms with van der Waals surface area (Å²) in [4.78, 5) is 3.34. The first kappa shape index (κ1) is 8.57. The van der Waals surface area contributed by atoms with E-state index in [0.29, 0.717) is 0 Å². The van der Waals surface area contributed by atoms with E-state index >= 15 is 0 Å². The number of aromatic amines is 1. The number of fused-ring (bicyclic) bond motifs is 1. The van der Waals surface area contributed by atoms with Crippen molar-refractivity contribution in [1.29, 1.82) is 0 Å². The smallest absolute Gasteiger partial charge is 0.0765 e. The van der Waals surface area contributed by atoms with Crippen LogP contribution in [0, 0.1) is 6.92 Å². The molecule has 0 radical (unpaired) electrons. The zero-order chi connectivity index (χ0) is 8.39. The third-order valence-electron chi connectivity index (χ3n) is 2.10. The van der Waals surface area contributed by atoms with Gasteiger partial charge >= 0.3 is 0 Å². The molecule has 0 unspecified atom stereocenters. The van der Waals surface area contributed by atoms with Gasteiger partial charge in [0.05, 0.1) is 5.03 Å². The maximum absolute atomic E-state index is 3.34. The van der Waals surface area contributed by atoms with E-state index in [1.54, 1.807) is 0 Å². The van der Waals surface area contributed by atoms with Crippen LogP contribution in [0.5, 0.6) is 0 Å². The Morgan fingerprint density at radius 1 is 1.42 bits per heavy atom. The Morgan fingerprint density at radius 3 is 3.25 bits per heavy atom. The highest BCUT2D eigenvalue weighted by atomic mass is 32.2. The molecule has 1 aromatic heterocycles. The fourth-order valence-corrected chi connectivity index (χ4v) is 3.73. The summed E-state index contributed by atoms with van der Waals surface area (Å²) in [5.41, 5.74) is 2.96. The average molecular weight is 199 g/mol. The molecule has 0 amide bonds.